The van der Waals surface area contributed by atoms with Gasteiger partial charge >= 0.3 is 0 Å². The first kappa shape index (κ1) is 21.4. The van der Waals surface area contributed by atoms with E-state index in [1.165, 1.54) is 6.21 Å². The summed E-state index contributed by atoms with van der Waals surface area (Å²) in [6.45, 7) is 0.404. The zero-order chi connectivity index (χ0) is 20.8. The molecule has 1 aliphatic heterocycles. The minimum atomic E-state index is -1.29. The number of hydrogen-bond donors (Lipinski definition) is 1. The van der Waals surface area contributed by atoms with Crippen molar-refractivity contribution in [3.63, 3.8) is 0 Å². The van der Waals surface area contributed by atoms with Crippen molar-refractivity contribution >= 4 is 62.6 Å². The molecule has 0 saturated carbocycles. The number of carbonyl (C=O) groups excluding carboxylic acids is 2. The monoisotopic (exact) mass is 494 g/mol. The van der Waals surface area contributed by atoms with Gasteiger partial charge in [-0.25, -0.2) is 0 Å². The molecule has 0 radical (unpaired) electrons. The van der Waals surface area contributed by atoms with E-state index in [2.05, 4.69) is 31.4 Å². The molecular formula is C19H14BrClN3O4S-. The van der Waals surface area contributed by atoms with Crippen molar-refractivity contribution in [3.8, 4) is 5.75 Å². The maximum Gasteiger partial charge on any atom is 0.239 e. The molecule has 150 valence electrons. The van der Waals surface area contributed by atoms with Crippen molar-refractivity contribution in [1.29, 1.82) is 0 Å². The van der Waals surface area contributed by atoms with Crippen LogP contribution >= 0.6 is 39.3 Å². The van der Waals surface area contributed by atoms with Gasteiger partial charge in [-0.3, -0.25) is 4.79 Å². The van der Waals surface area contributed by atoms with Crippen LogP contribution in [0.1, 0.15) is 17.5 Å². The molecule has 2 aromatic carbocycles. The predicted molar refractivity (Wildman–Crippen MR) is 114 cm³/mol. The normalized spacial score (nSPS) is 17.7. The van der Waals surface area contributed by atoms with Crippen LogP contribution in [0.2, 0.25) is 5.02 Å². The number of benzene rings is 2. The number of thioether (sulfide) groups is 1. The van der Waals surface area contributed by atoms with E-state index in [0.717, 1.165) is 27.4 Å². The average molecular weight is 496 g/mol. The summed E-state index contributed by atoms with van der Waals surface area (Å²) in [6.07, 6.45) is 1.14. The number of amidine groups is 1. The summed E-state index contributed by atoms with van der Waals surface area (Å²) in [5.41, 5.74) is 1.76. The third-order valence-corrected chi connectivity index (χ3v) is 5.69. The number of carboxylic acids is 1. The Hall–Kier alpha value is -2.36. The fourth-order valence-electron chi connectivity index (χ4n) is 2.34. The lowest BCUT2D eigenvalue weighted by Gasteiger charge is -2.09. The quantitative estimate of drug-likeness (QED) is 0.470. The Balaban J connectivity index is 1.58. The smallest absolute Gasteiger partial charge is 0.239 e. The summed E-state index contributed by atoms with van der Waals surface area (Å²) in [4.78, 5) is 22.2. The van der Waals surface area contributed by atoms with Gasteiger partial charge in [0.2, 0.25) is 5.91 Å². The zero-order valence-corrected chi connectivity index (χ0v) is 18.0. The van der Waals surface area contributed by atoms with E-state index in [0.29, 0.717) is 17.4 Å². The molecule has 29 heavy (non-hydrogen) atoms. The van der Waals surface area contributed by atoms with Gasteiger partial charge in [0, 0.05) is 17.4 Å². The molecule has 1 aliphatic rings. The van der Waals surface area contributed by atoms with Crippen molar-refractivity contribution in [2.75, 3.05) is 0 Å². The Morgan fingerprint density at radius 1 is 1.31 bits per heavy atom. The number of halogens is 2. The summed E-state index contributed by atoms with van der Waals surface area (Å²) < 4.78 is 6.54. The standard InChI is InChI=1S/C19H15BrClN3O4S/c20-14-7-12(3-6-15(14)28-10-11-1-4-13(21)5-2-11)9-22-24-19-23-18(27)16(29-19)8-17(25)26/h1-7,9,16H,8,10H2,(H,25,26)(H,23,24,27)/p-1/b22-9-/t16-/m0/s1. The summed E-state index contributed by atoms with van der Waals surface area (Å²) in [6, 6.07) is 12.8. The summed E-state index contributed by atoms with van der Waals surface area (Å²) in [7, 11) is 0. The van der Waals surface area contributed by atoms with E-state index >= 15 is 0 Å². The Morgan fingerprint density at radius 2 is 2.07 bits per heavy atom. The fourth-order valence-corrected chi connectivity index (χ4v) is 3.89. The van der Waals surface area contributed by atoms with Crippen LogP contribution in [-0.2, 0) is 16.2 Å². The van der Waals surface area contributed by atoms with E-state index in [1.54, 1.807) is 6.07 Å². The Morgan fingerprint density at radius 3 is 2.76 bits per heavy atom. The second-order valence-corrected chi connectivity index (χ2v) is 8.41. The molecule has 10 heteroatoms. The number of amides is 1. The highest BCUT2D eigenvalue weighted by Gasteiger charge is 2.30. The van der Waals surface area contributed by atoms with E-state index < -0.39 is 17.1 Å². The van der Waals surface area contributed by atoms with Crippen LogP contribution in [0.3, 0.4) is 0 Å². The number of nitrogens with zero attached hydrogens (tertiary/aromatic N) is 2. The van der Waals surface area contributed by atoms with Crippen LogP contribution in [0.5, 0.6) is 5.75 Å². The Kier molecular flexibility index (Phi) is 7.29. The molecule has 1 heterocycles. The van der Waals surface area contributed by atoms with Gasteiger partial charge in [0.25, 0.3) is 0 Å². The van der Waals surface area contributed by atoms with Crippen molar-refractivity contribution in [1.82, 2.24) is 5.32 Å². The largest absolute Gasteiger partial charge is 0.550 e. The molecule has 7 nitrogen and oxygen atoms in total. The highest BCUT2D eigenvalue weighted by molar-refractivity contribution is 9.10. The average Bonchev–Trinajstić information content (AvgIpc) is 3.01. The van der Waals surface area contributed by atoms with Crippen LogP contribution in [-0.4, -0.2) is 28.5 Å². The fraction of sp³-hybridized carbons (Fsp3) is 0.158. The molecule has 0 unspecified atom stereocenters. The minimum Gasteiger partial charge on any atom is -0.550 e. The molecule has 0 aromatic heterocycles. The first-order valence-corrected chi connectivity index (χ1v) is 10.4. The van der Waals surface area contributed by atoms with E-state index in [4.69, 9.17) is 16.3 Å². The number of carbonyl (C=O) groups is 2. The van der Waals surface area contributed by atoms with Crippen molar-refractivity contribution in [2.24, 2.45) is 10.2 Å². The van der Waals surface area contributed by atoms with Gasteiger partial charge in [-0.05, 0) is 57.4 Å². The molecule has 0 bridgehead atoms. The van der Waals surface area contributed by atoms with Crippen molar-refractivity contribution < 1.29 is 19.4 Å². The molecule has 2 aromatic rings. The Bertz CT molecular complexity index is 982. The van der Waals surface area contributed by atoms with Crippen LogP contribution < -0.4 is 15.2 Å². The zero-order valence-electron chi connectivity index (χ0n) is 14.8. The van der Waals surface area contributed by atoms with Gasteiger partial charge in [0.1, 0.15) is 12.4 Å². The maximum absolute atomic E-state index is 11.6. The van der Waals surface area contributed by atoms with Crippen LogP contribution in [0.25, 0.3) is 0 Å². The number of aliphatic carboxylic acids is 1. The van der Waals surface area contributed by atoms with Gasteiger partial charge in [0.05, 0.1) is 15.9 Å². The first-order valence-electron chi connectivity index (χ1n) is 8.36. The molecule has 0 aliphatic carbocycles. The Labute approximate surface area is 184 Å². The number of carboxylic acid groups (broad SMARTS) is 1. The van der Waals surface area contributed by atoms with E-state index in [1.807, 2.05) is 36.4 Å². The van der Waals surface area contributed by atoms with Crippen LogP contribution in [0, 0.1) is 0 Å². The summed E-state index contributed by atoms with van der Waals surface area (Å²) in [5, 5.41) is 21.1. The van der Waals surface area contributed by atoms with Gasteiger partial charge in [0.15, 0.2) is 5.17 Å². The lowest BCUT2D eigenvalue weighted by atomic mass is 10.2. The third-order valence-electron chi connectivity index (χ3n) is 3.75. The lowest BCUT2D eigenvalue weighted by molar-refractivity contribution is -0.305. The second-order valence-electron chi connectivity index (χ2n) is 5.93. The maximum atomic E-state index is 11.6. The van der Waals surface area contributed by atoms with Gasteiger partial charge in [-0.1, -0.05) is 35.5 Å². The van der Waals surface area contributed by atoms with Crippen molar-refractivity contribution in [3.05, 3.63) is 63.1 Å². The highest BCUT2D eigenvalue weighted by atomic mass is 79.9. The molecule has 1 N–H and O–H groups in total. The molecular weight excluding hydrogens is 482 g/mol. The van der Waals surface area contributed by atoms with Crippen LogP contribution in [0.4, 0.5) is 0 Å². The molecule has 3 rings (SSSR count). The van der Waals surface area contributed by atoms with Gasteiger partial charge in [-0.2, -0.15) is 5.10 Å². The van der Waals surface area contributed by atoms with Gasteiger partial charge < -0.3 is 20.0 Å². The summed E-state index contributed by atoms with van der Waals surface area (Å²) in [5.74, 6) is -1.03. The van der Waals surface area contributed by atoms with E-state index in [9.17, 15) is 14.7 Å². The number of rotatable bonds is 7. The van der Waals surface area contributed by atoms with Crippen molar-refractivity contribution in [2.45, 2.75) is 18.3 Å². The minimum absolute atomic E-state index is 0.250. The van der Waals surface area contributed by atoms with E-state index in [-0.39, 0.29) is 11.6 Å². The third kappa shape index (κ3) is 6.31. The molecule has 1 fully saturated rings. The SMILES string of the molecule is O=C([O-])C[C@@H]1S/C(=N\N=C/c2ccc(OCc3ccc(Cl)cc3)c(Br)c2)NC1=O. The summed E-state index contributed by atoms with van der Waals surface area (Å²) >= 11 is 10.3. The number of hydrogen-bond acceptors (Lipinski definition) is 7. The second kappa shape index (κ2) is 9.91. The molecule has 1 saturated heterocycles. The highest BCUT2D eigenvalue weighted by Crippen LogP contribution is 2.27. The molecule has 1 atom stereocenters. The predicted octanol–water partition coefficient (Wildman–Crippen LogP) is 2.74. The van der Waals surface area contributed by atoms with Gasteiger partial charge in [-0.15, -0.1) is 5.10 Å². The first-order chi connectivity index (χ1) is 13.9. The number of nitrogens with one attached hydrogen (secondary N) is 1. The number of ether oxygens (including phenoxy) is 1. The molecule has 1 amide bonds. The lowest BCUT2D eigenvalue weighted by Crippen LogP contribution is -2.31. The molecule has 0 spiro atoms. The van der Waals surface area contributed by atoms with Crippen LogP contribution in [0.15, 0.2) is 57.1 Å². The topological polar surface area (TPSA) is 103 Å².